The SMILES string of the molecule is C=C[C@@H]1C[C@]1(NC(=O)[C@@H]1C[C@@H](OC(=O)N2Cc3cccc(F)c3C2)CN1C(=O)[C@H](COC(=O)C(C)=NC(=O)OC(C)(C)C)NC(=O)OC(C)(C)C)C(=O)NS(=O)(=O)C1CC1. The lowest BCUT2D eigenvalue weighted by atomic mass is 10.1. The molecule has 0 unspecified atom stereocenters. The van der Waals surface area contributed by atoms with Gasteiger partial charge in [0.1, 0.15) is 53.1 Å². The standard InChI is InChI=1S/C39H51FN6O13S/c1-9-23-16-39(23,33(50)44-60(54,55)25-13-14-25)43-30(47)29-15-24(57-36(53)45-17-22-11-10-12-27(40)26(22)19-45)18-46(29)31(48)28(42-35(52)59-38(6,7)8)20-56-32(49)21(2)41-34(51)58-37(3,4)5/h9-12,23-25,28-29H,1,13-20H2,2-8H3,(H,42,52)(H,43,47)(H,44,50)/t23-,24-,28+,29+,39-/m1/s1. The Morgan fingerprint density at radius 3 is 2.28 bits per heavy atom. The van der Waals surface area contributed by atoms with Gasteiger partial charge in [-0.3, -0.25) is 24.0 Å². The van der Waals surface area contributed by atoms with Gasteiger partial charge in [0.15, 0.2) is 0 Å². The molecule has 2 saturated carbocycles. The number of carbonyl (C=O) groups excluding carboxylic acids is 7. The molecule has 21 heteroatoms. The number of nitrogens with one attached hydrogen (secondary N) is 3. The van der Waals surface area contributed by atoms with E-state index in [4.69, 9.17) is 18.9 Å². The third kappa shape index (κ3) is 11.2. The number of hydrogen-bond donors (Lipinski definition) is 3. The normalized spacial score (nSPS) is 23.1. The Labute approximate surface area is 346 Å². The molecule has 4 aliphatic rings. The first-order valence-corrected chi connectivity index (χ1v) is 20.8. The number of hydrogen-bond acceptors (Lipinski definition) is 13. The zero-order chi connectivity index (χ0) is 44.5. The van der Waals surface area contributed by atoms with Crippen LogP contribution in [0.2, 0.25) is 0 Å². The average molecular weight is 863 g/mol. The number of carbonyl (C=O) groups is 7. The number of alkyl carbamates (subject to hydrolysis) is 1. The third-order valence-electron chi connectivity index (χ3n) is 9.87. The fourth-order valence-electron chi connectivity index (χ4n) is 6.68. The Morgan fingerprint density at radius 1 is 1.03 bits per heavy atom. The zero-order valence-corrected chi connectivity index (χ0v) is 35.3. The summed E-state index contributed by atoms with van der Waals surface area (Å²) >= 11 is 0. The van der Waals surface area contributed by atoms with Crippen molar-refractivity contribution in [2.75, 3.05) is 13.2 Å². The number of halogens is 1. The van der Waals surface area contributed by atoms with Crippen molar-refractivity contribution in [3.8, 4) is 0 Å². The molecule has 0 aromatic heterocycles. The van der Waals surface area contributed by atoms with Crippen LogP contribution in [0, 0.1) is 11.7 Å². The number of benzene rings is 1. The van der Waals surface area contributed by atoms with Gasteiger partial charge in [0.25, 0.3) is 5.91 Å². The summed E-state index contributed by atoms with van der Waals surface area (Å²) in [5.41, 5.74) is -3.30. The molecule has 1 aromatic carbocycles. The summed E-state index contributed by atoms with van der Waals surface area (Å²) < 4.78 is 63.4. The minimum absolute atomic E-state index is 0.0115. The quantitative estimate of drug-likeness (QED) is 0.119. The van der Waals surface area contributed by atoms with Crippen LogP contribution < -0.4 is 15.4 Å². The van der Waals surface area contributed by atoms with Crippen molar-refractivity contribution in [3.05, 3.63) is 47.8 Å². The van der Waals surface area contributed by atoms with Gasteiger partial charge in [-0.2, -0.15) is 4.99 Å². The average Bonchev–Trinajstić information content (AvgIpc) is 4.02. The number of sulfonamides is 1. The van der Waals surface area contributed by atoms with E-state index in [1.165, 1.54) is 23.1 Å². The van der Waals surface area contributed by atoms with Crippen LogP contribution in [-0.4, -0.2) is 119 Å². The number of ether oxygens (including phenoxy) is 4. The maximum atomic E-state index is 14.5. The molecule has 2 aliphatic carbocycles. The van der Waals surface area contributed by atoms with Crippen LogP contribution in [0.25, 0.3) is 0 Å². The highest BCUT2D eigenvalue weighted by molar-refractivity contribution is 7.91. The number of likely N-dealkylation sites (tertiary alicyclic amines) is 1. The Balaban J connectivity index is 1.40. The van der Waals surface area contributed by atoms with Gasteiger partial charge < -0.3 is 34.5 Å². The molecule has 5 rings (SSSR count). The van der Waals surface area contributed by atoms with Gasteiger partial charge in [0.05, 0.1) is 18.3 Å². The van der Waals surface area contributed by atoms with E-state index >= 15 is 0 Å². The van der Waals surface area contributed by atoms with E-state index in [2.05, 4.69) is 26.9 Å². The van der Waals surface area contributed by atoms with Gasteiger partial charge in [0.2, 0.25) is 21.8 Å². The first-order chi connectivity index (χ1) is 27.8. The first kappa shape index (κ1) is 45.5. The van der Waals surface area contributed by atoms with Crippen molar-refractivity contribution in [3.63, 3.8) is 0 Å². The minimum atomic E-state index is -4.03. The second-order valence-electron chi connectivity index (χ2n) is 17.1. The lowest BCUT2D eigenvalue weighted by molar-refractivity contribution is -0.145. The van der Waals surface area contributed by atoms with E-state index < -0.39 is 123 Å². The molecule has 3 N–H and O–H groups in total. The fraction of sp³-hybridized carbons (Fsp3) is 0.590. The van der Waals surface area contributed by atoms with Crippen LogP contribution >= 0.6 is 0 Å². The third-order valence-corrected chi connectivity index (χ3v) is 11.7. The number of fused-ring (bicyclic) bond motifs is 1. The Bertz CT molecular complexity index is 2090. The number of rotatable bonds is 12. The Morgan fingerprint density at radius 2 is 1.70 bits per heavy atom. The van der Waals surface area contributed by atoms with Gasteiger partial charge in [0, 0.05) is 24.4 Å². The van der Waals surface area contributed by atoms with Crippen molar-refractivity contribution in [2.45, 2.75) is 127 Å². The van der Waals surface area contributed by atoms with E-state index in [0.717, 1.165) is 11.8 Å². The van der Waals surface area contributed by atoms with Crippen LogP contribution in [0.1, 0.15) is 85.3 Å². The molecule has 5 atom stereocenters. The summed E-state index contributed by atoms with van der Waals surface area (Å²) in [7, 11) is -4.03. The highest BCUT2D eigenvalue weighted by Crippen LogP contribution is 2.45. The van der Waals surface area contributed by atoms with Gasteiger partial charge in [-0.05, 0) is 79.4 Å². The summed E-state index contributed by atoms with van der Waals surface area (Å²) in [6.07, 6.45) is -2.48. The first-order valence-electron chi connectivity index (χ1n) is 19.3. The van der Waals surface area contributed by atoms with E-state index in [1.54, 1.807) is 47.6 Å². The monoisotopic (exact) mass is 862 g/mol. The van der Waals surface area contributed by atoms with Crippen molar-refractivity contribution in [1.29, 1.82) is 0 Å². The van der Waals surface area contributed by atoms with E-state index in [0.29, 0.717) is 24.0 Å². The summed E-state index contributed by atoms with van der Waals surface area (Å²) in [5, 5.41) is 4.20. The molecule has 3 fully saturated rings. The molecule has 0 radical (unpaired) electrons. The molecular weight excluding hydrogens is 812 g/mol. The molecule has 2 aliphatic heterocycles. The fourth-order valence-corrected chi connectivity index (χ4v) is 8.04. The van der Waals surface area contributed by atoms with Crippen LogP contribution in [0.4, 0.5) is 18.8 Å². The van der Waals surface area contributed by atoms with E-state index in [9.17, 15) is 46.4 Å². The summed E-state index contributed by atoms with van der Waals surface area (Å²) in [6.45, 7) is 12.9. The van der Waals surface area contributed by atoms with Gasteiger partial charge in [-0.15, -0.1) is 6.58 Å². The van der Waals surface area contributed by atoms with Gasteiger partial charge in [-0.25, -0.2) is 32.0 Å². The van der Waals surface area contributed by atoms with Crippen LogP contribution in [-0.2, 0) is 61.2 Å². The Kier molecular flexibility index (Phi) is 13.0. The lowest BCUT2D eigenvalue weighted by Gasteiger charge is -2.30. The summed E-state index contributed by atoms with van der Waals surface area (Å²) in [4.78, 5) is 99.6. The maximum absolute atomic E-state index is 14.5. The number of aliphatic imine (C=N–C) groups is 1. The summed E-state index contributed by atoms with van der Waals surface area (Å²) in [6, 6.07) is 1.17. The van der Waals surface area contributed by atoms with Gasteiger partial charge >= 0.3 is 24.2 Å². The maximum Gasteiger partial charge on any atom is 0.434 e. The second-order valence-corrected chi connectivity index (χ2v) is 19.1. The number of esters is 1. The highest BCUT2D eigenvalue weighted by atomic mass is 32.2. The largest absolute Gasteiger partial charge is 0.458 e. The number of nitrogens with zero attached hydrogens (tertiary/aromatic N) is 3. The summed E-state index contributed by atoms with van der Waals surface area (Å²) in [5.74, 6) is -5.29. The number of amides is 6. The molecule has 328 valence electrons. The van der Waals surface area contributed by atoms with Crippen molar-refractivity contribution >= 4 is 57.7 Å². The highest BCUT2D eigenvalue weighted by Gasteiger charge is 2.62. The van der Waals surface area contributed by atoms with Gasteiger partial charge in [-0.1, -0.05) is 18.2 Å². The molecular formula is C39H51FN6O13S. The molecule has 60 heavy (non-hydrogen) atoms. The molecule has 2 heterocycles. The smallest absolute Gasteiger partial charge is 0.434 e. The predicted molar refractivity (Wildman–Crippen MR) is 209 cm³/mol. The van der Waals surface area contributed by atoms with Crippen molar-refractivity contribution in [2.24, 2.45) is 10.9 Å². The molecule has 0 spiro atoms. The van der Waals surface area contributed by atoms with Crippen LogP contribution in [0.5, 0.6) is 0 Å². The van der Waals surface area contributed by atoms with E-state index in [-0.39, 0.29) is 25.9 Å². The van der Waals surface area contributed by atoms with Crippen molar-refractivity contribution < 1.29 is 65.3 Å². The predicted octanol–water partition coefficient (Wildman–Crippen LogP) is 2.75. The molecule has 6 amide bonds. The minimum Gasteiger partial charge on any atom is -0.458 e. The topological polar surface area (TPSA) is 245 Å². The van der Waals surface area contributed by atoms with Crippen LogP contribution in [0.3, 0.4) is 0 Å². The Hall–Kier alpha value is -5.60. The molecule has 19 nitrogen and oxygen atoms in total. The van der Waals surface area contributed by atoms with E-state index in [1.807, 2.05) is 0 Å². The molecule has 1 aromatic rings. The lowest BCUT2D eigenvalue weighted by Crippen LogP contribution is -2.59. The second kappa shape index (κ2) is 17.2. The zero-order valence-electron chi connectivity index (χ0n) is 34.5. The molecule has 1 saturated heterocycles. The molecule has 0 bridgehead atoms. The van der Waals surface area contributed by atoms with Crippen molar-refractivity contribution in [1.82, 2.24) is 25.2 Å². The van der Waals surface area contributed by atoms with Crippen LogP contribution in [0.15, 0.2) is 35.8 Å².